The lowest BCUT2D eigenvalue weighted by atomic mass is 9.94. The van der Waals surface area contributed by atoms with Crippen LogP contribution in [0, 0.1) is 0 Å². The number of pyridine rings is 1. The minimum absolute atomic E-state index is 0.303. The molecule has 4 rings (SSSR count). The van der Waals surface area contributed by atoms with Gasteiger partial charge in [0.05, 0.1) is 18.2 Å². The Hall–Kier alpha value is -2.80. The number of piperidine rings is 1. The maximum atomic E-state index is 5.95. The van der Waals surface area contributed by atoms with Crippen LogP contribution in [0.3, 0.4) is 0 Å². The molecule has 3 aromatic heterocycles. The van der Waals surface area contributed by atoms with E-state index in [1.165, 1.54) is 5.69 Å². The van der Waals surface area contributed by atoms with Gasteiger partial charge in [0, 0.05) is 50.8 Å². The highest BCUT2D eigenvalue weighted by atomic mass is 16.5. The molecule has 7 nitrogen and oxygen atoms in total. The Kier molecular flexibility index (Phi) is 4.88. The molecule has 0 amide bonds. The van der Waals surface area contributed by atoms with E-state index in [9.17, 15) is 0 Å². The van der Waals surface area contributed by atoms with Gasteiger partial charge in [-0.25, -0.2) is 9.97 Å². The molecule has 26 heavy (non-hydrogen) atoms. The molecule has 0 spiro atoms. The molecular weight excluding hydrogens is 328 g/mol. The Labute approximate surface area is 152 Å². The summed E-state index contributed by atoms with van der Waals surface area (Å²) in [7, 11) is 2.03. The minimum Gasteiger partial charge on any atom is -0.436 e. The Morgan fingerprint density at radius 3 is 2.88 bits per heavy atom. The van der Waals surface area contributed by atoms with Gasteiger partial charge in [-0.3, -0.25) is 14.9 Å². The molecule has 0 aromatic carbocycles. The second-order valence-electron chi connectivity index (χ2n) is 6.61. The zero-order valence-electron chi connectivity index (χ0n) is 14.8. The van der Waals surface area contributed by atoms with Gasteiger partial charge in [0.1, 0.15) is 11.4 Å². The average Bonchev–Trinajstić information content (AvgIpc) is 3.08. The summed E-state index contributed by atoms with van der Waals surface area (Å²) in [4.78, 5) is 19.8. The van der Waals surface area contributed by atoms with Crippen molar-refractivity contribution in [1.29, 1.82) is 0 Å². The topological polar surface area (TPSA) is 69.0 Å². The van der Waals surface area contributed by atoms with Crippen molar-refractivity contribution in [2.45, 2.75) is 25.3 Å². The molecule has 1 aliphatic rings. The van der Waals surface area contributed by atoms with Crippen LogP contribution in [0.4, 0.5) is 0 Å². The van der Waals surface area contributed by atoms with Crippen LogP contribution in [0.25, 0.3) is 0 Å². The quantitative estimate of drug-likeness (QED) is 0.705. The molecule has 1 saturated heterocycles. The smallest absolute Gasteiger partial charge is 0.241 e. The zero-order valence-corrected chi connectivity index (χ0v) is 14.8. The number of likely N-dealkylation sites (tertiary alicyclic amines) is 1. The third kappa shape index (κ3) is 3.72. The number of ether oxygens (including phenoxy) is 1. The van der Waals surface area contributed by atoms with Crippen LogP contribution in [-0.2, 0) is 13.6 Å². The van der Waals surface area contributed by atoms with E-state index in [1.54, 1.807) is 24.8 Å². The summed E-state index contributed by atoms with van der Waals surface area (Å²) in [5.41, 5.74) is 2.14. The van der Waals surface area contributed by atoms with Crippen LogP contribution in [-0.4, -0.2) is 42.5 Å². The van der Waals surface area contributed by atoms with E-state index in [2.05, 4.69) is 29.4 Å². The van der Waals surface area contributed by atoms with Crippen molar-refractivity contribution in [1.82, 2.24) is 29.4 Å². The molecule has 0 aliphatic carbocycles. The number of nitrogens with zero attached hydrogens (tertiary/aromatic N) is 6. The number of aryl methyl sites for hydroxylation is 1. The molecule has 4 heterocycles. The highest BCUT2D eigenvalue weighted by molar-refractivity contribution is 5.29. The van der Waals surface area contributed by atoms with Gasteiger partial charge in [-0.1, -0.05) is 0 Å². The lowest BCUT2D eigenvalue weighted by Gasteiger charge is -2.32. The van der Waals surface area contributed by atoms with Gasteiger partial charge < -0.3 is 9.30 Å². The lowest BCUT2D eigenvalue weighted by molar-refractivity contribution is 0.193. The summed E-state index contributed by atoms with van der Waals surface area (Å²) in [6.45, 7) is 2.92. The fourth-order valence-electron chi connectivity index (χ4n) is 3.40. The van der Waals surface area contributed by atoms with Gasteiger partial charge in [-0.05, 0) is 31.5 Å². The van der Waals surface area contributed by atoms with Crippen LogP contribution in [0.2, 0.25) is 0 Å². The molecule has 0 saturated carbocycles. The number of rotatable bonds is 5. The molecular formula is C19H22N6O. The van der Waals surface area contributed by atoms with E-state index in [4.69, 9.17) is 4.74 Å². The SMILES string of the molecule is Cn1cncc1CN1CCC[C@@H](c2nccnc2Oc2cccnc2)C1. The number of aromatic nitrogens is 5. The van der Waals surface area contributed by atoms with Crippen LogP contribution in [0.5, 0.6) is 11.6 Å². The van der Waals surface area contributed by atoms with Gasteiger partial charge in [-0.2, -0.15) is 0 Å². The number of hydrogen-bond donors (Lipinski definition) is 0. The van der Waals surface area contributed by atoms with Crippen molar-refractivity contribution in [3.63, 3.8) is 0 Å². The first-order chi connectivity index (χ1) is 12.8. The second kappa shape index (κ2) is 7.61. The Morgan fingerprint density at radius 2 is 2.08 bits per heavy atom. The lowest BCUT2D eigenvalue weighted by Crippen LogP contribution is -2.34. The van der Waals surface area contributed by atoms with Gasteiger partial charge in [-0.15, -0.1) is 0 Å². The number of imidazole rings is 1. The molecule has 0 unspecified atom stereocenters. The predicted octanol–water partition coefficient (Wildman–Crippen LogP) is 2.78. The van der Waals surface area contributed by atoms with Crippen LogP contribution in [0.15, 0.2) is 49.4 Å². The Bertz CT molecular complexity index is 850. The molecule has 1 aliphatic heterocycles. The van der Waals surface area contributed by atoms with E-state index in [0.717, 1.165) is 38.2 Å². The first kappa shape index (κ1) is 16.7. The standard InChI is InChI=1S/C19H22N6O/c1-24-14-21-10-16(24)13-25-9-3-4-15(12-25)18-19(23-8-7-22-18)26-17-5-2-6-20-11-17/h2,5-8,10-11,14-15H,3-4,9,12-13H2,1H3/t15-/m1/s1. The third-order valence-corrected chi connectivity index (χ3v) is 4.73. The molecule has 3 aromatic rings. The van der Waals surface area contributed by atoms with Gasteiger partial charge in [0.15, 0.2) is 0 Å². The molecule has 1 atom stereocenters. The van der Waals surface area contributed by atoms with Crippen molar-refractivity contribution < 1.29 is 4.74 Å². The summed E-state index contributed by atoms with van der Waals surface area (Å²) in [5.74, 6) is 1.56. The summed E-state index contributed by atoms with van der Waals surface area (Å²) in [6.07, 6.45) is 12.8. The maximum Gasteiger partial charge on any atom is 0.241 e. The largest absolute Gasteiger partial charge is 0.436 e. The fourth-order valence-corrected chi connectivity index (χ4v) is 3.40. The first-order valence-corrected chi connectivity index (χ1v) is 8.86. The van der Waals surface area contributed by atoms with Crippen LogP contribution in [0.1, 0.15) is 30.1 Å². The maximum absolute atomic E-state index is 5.95. The van der Waals surface area contributed by atoms with E-state index in [-0.39, 0.29) is 0 Å². The predicted molar refractivity (Wildman–Crippen MR) is 96.8 cm³/mol. The van der Waals surface area contributed by atoms with Crippen molar-refractivity contribution >= 4 is 0 Å². The highest BCUT2D eigenvalue weighted by Gasteiger charge is 2.26. The molecule has 1 fully saturated rings. The third-order valence-electron chi connectivity index (χ3n) is 4.73. The highest BCUT2D eigenvalue weighted by Crippen LogP contribution is 2.32. The normalized spacial score (nSPS) is 18.0. The van der Waals surface area contributed by atoms with E-state index >= 15 is 0 Å². The summed E-state index contributed by atoms with van der Waals surface area (Å²) < 4.78 is 8.03. The van der Waals surface area contributed by atoms with Crippen LogP contribution >= 0.6 is 0 Å². The van der Waals surface area contributed by atoms with Crippen molar-refractivity contribution in [2.24, 2.45) is 7.05 Å². The van der Waals surface area contributed by atoms with Gasteiger partial charge >= 0.3 is 0 Å². The average molecular weight is 350 g/mol. The summed E-state index contributed by atoms with van der Waals surface area (Å²) >= 11 is 0. The zero-order chi connectivity index (χ0) is 17.8. The fraction of sp³-hybridized carbons (Fsp3) is 0.368. The minimum atomic E-state index is 0.303. The molecule has 0 N–H and O–H groups in total. The molecule has 7 heteroatoms. The molecule has 0 radical (unpaired) electrons. The van der Waals surface area contributed by atoms with Crippen molar-refractivity contribution in [3.8, 4) is 11.6 Å². The molecule has 134 valence electrons. The van der Waals surface area contributed by atoms with Gasteiger partial charge in [0.2, 0.25) is 5.88 Å². The second-order valence-corrected chi connectivity index (χ2v) is 6.61. The van der Waals surface area contributed by atoms with Crippen molar-refractivity contribution in [3.05, 3.63) is 60.8 Å². The monoisotopic (exact) mass is 350 g/mol. The van der Waals surface area contributed by atoms with Crippen molar-refractivity contribution in [2.75, 3.05) is 13.1 Å². The molecule has 0 bridgehead atoms. The Morgan fingerprint density at radius 1 is 1.15 bits per heavy atom. The Balaban J connectivity index is 1.51. The van der Waals surface area contributed by atoms with Gasteiger partial charge in [0.25, 0.3) is 0 Å². The van der Waals surface area contributed by atoms with E-state index in [1.807, 2.05) is 31.7 Å². The van der Waals surface area contributed by atoms with E-state index in [0.29, 0.717) is 17.5 Å². The summed E-state index contributed by atoms with van der Waals surface area (Å²) in [5, 5.41) is 0. The first-order valence-electron chi connectivity index (χ1n) is 8.86. The summed E-state index contributed by atoms with van der Waals surface area (Å²) in [6, 6.07) is 3.72. The van der Waals surface area contributed by atoms with E-state index < -0.39 is 0 Å². The number of hydrogen-bond acceptors (Lipinski definition) is 6. The van der Waals surface area contributed by atoms with Crippen LogP contribution < -0.4 is 4.74 Å².